The molecule has 192 valence electrons. The molecule has 1 heterocycles. The molecule has 4 unspecified atom stereocenters. The summed E-state index contributed by atoms with van der Waals surface area (Å²) in [5, 5.41) is 23.9. The summed E-state index contributed by atoms with van der Waals surface area (Å²) >= 11 is 4.02. The Morgan fingerprint density at radius 3 is 2.34 bits per heavy atom. The van der Waals surface area contributed by atoms with Crippen molar-refractivity contribution in [3.63, 3.8) is 0 Å². The van der Waals surface area contributed by atoms with Crippen LogP contribution in [-0.4, -0.2) is 81.2 Å². The van der Waals surface area contributed by atoms with E-state index in [-0.39, 0.29) is 30.8 Å². The Balaban J connectivity index is 2.13. The van der Waals surface area contributed by atoms with Crippen LogP contribution in [0.5, 0.6) is 5.75 Å². The second kappa shape index (κ2) is 13.0. The topological polar surface area (TPSA) is 205 Å². The van der Waals surface area contributed by atoms with Gasteiger partial charge in [-0.1, -0.05) is 12.1 Å². The fraction of sp³-hybridized carbons (Fsp3) is 0.500. The Morgan fingerprint density at radius 1 is 1.11 bits per heavy atom. The van der Waals surface area contributed by atoms with E-state index < -0.39 is 53.8 Å². The second-order valence-corrected chi connectivity index (χ2v) is 8.68. The highest BCUT2D eigenvalue weighted by Gasteiger charge is 2.37. The molecule has 0 bridgehead atoms. The van der Waals surface area contributed by atoms with Crippen molar-refractivity contribution in [3.8, 4) is 5.75 Å². The molecule has 1 aromatic carbocycles. The average Bonchev–Trinajstić information content (AvgIpc) is 3.31. The number of aromatic hydroxyl groups is 1. The molecule has 4 atom stereocenters. The van der Waals surface area contributed by atoms with Crippen LogP contribution in [0.25, 0.3) is 0 Å². The van der Waals surface area contributed by atoms with E-state index in [1.54, 1.807) is 0 Å². The third-order valence-corrected chi connectivity index (χ3v) is 6.05. The smallest absolute Gasteiger partial charge is 0.326 e. The number of thiol groups is 1. The molecule has 8 N–H and O–H groups in total. The summed E-state index contributed by atoms with van der Waals surface area (Å²) in [6.07, 6.45) is 0.458. The lowest BCUT2D eigenvalue weighted by Gasteiger charge is -2.28. The first kappa shape index (κ1) is 27.9. The number of phenols is 1. The van der Waals surface area contributed by atoms with Gasteiger partial charge in [0.1, 0.15) is 23.9 Å². The van der Waals surface area contributed by atoms with Gasteiger partial charge in [-0.25, -0.2) is 4.79 Å². The van der Waals surface area contributed by atoms with Crippen LogP contribution in [0.1, 0.15) is 31.2 Å². The summed E-state index contributed by atoms with van der Waals surface area (Å²) in [6, 6.07) is 1.49. The molecule has 13 heteroatoms. The lowest BCUT2D eigenvalue weighted by Crippen LogP contribution is -2.57. The number of nitrogens with one attached hydrogen (secondary N) is 2. The van der Waals surface area contributed by atoms with E-state index in [0.717, 1.165) is 0 Å². The van der Waals surface area contributed by atoms with Crippen LogP contribution in [-0.2, 0) is 30.4 Å². The Bertz CT molecular complexity index is 943. The van der Waals surface area contributed by atoms with Crippen LogP contribution in [0.4, 0.5) is 0 Å². The Labute approximate surface area is 207 Å². The van der Waals surface area contributed by atoms with Gasteiger partial charge in [0.05, 0.1) is 6.04 Å². The minimum Gasteiger partial charge on any atom is -0.508 e. The highest BCUT2D eigenvalue weighted by Crippen LogP contribution is 2.19. The maximum Gasteiger partial charge on any atom is 0.326 e. The van der Waals surface area contributed by atoms with Gasteiger partial charge in [0, 0.05) is 25.1 Å². The van der Waals surface area contributed by atoms with Crippen LogP contribution in [0.2, 0.25) is 0 Å². The number of hydrogen-bond acceptors (Lipinski definition) is 8. The average molecular weight is 510 g/mol. The van der Waals surface area contributed by atoms with Crippen molar-refractivity contribution < 1.29 is 34.2 Å². The Kier molecular flexibility index (Phi) is 10.3. The first-order chi connectivity index (χ1) is 16.5. The standard InChI is InChI=1S/C22H31N5O7S/c23-14(11-35)21(32)27-9-1-2-17(27)20(31)25-15(7-8-18(24)29)19(30)26-16(22(33)34)10-12-3-5-13(28)6-4-12/h3-6,14-17,28,35H,1-2,7-11,23H2,(H2,24,29)(H,25,31)(H,26,30)(H,33,34). The molecule has 0 aliphatic carbocycles. The van der Waals surface area contributed by atoms with Gasteiger partial charge < -0.3 is 37.2 Å². The second-order valence-electron chi connectivity index (χ2n) is 8.31. The monoisotopic (exact) mass is 509 g/mol. The van der Waals surface area contributed by atoms with Crippen LogP contribution in [0.15, 0.2) is 24.3 Å². The molecule has 0 aromatic heterocycles. The van der Waals surface area contributed by atoms with Crippen LogP contribution >= 0.6 is 12.6 Å². The van der Waals surface area contributed by atoms with Crippen molar-refractivity contribution in [1.29, 1.82) is 0 Å². The molecule has 1 aromatic rings. The number of amides is 4. The summed E-state index contributed by atoms with van der Waals surface area (Å²) in [5.74, 6) is -3.76. The normalized spacial score (nSPS) is 17.8. The minimum absolute atomic E-state index is 0.00801. The van der Waals surface area contributed by atoms with E-state index >= 15 is 0 Å². The zero-order valence-corrected chi connectivity index (χ0v) is 19.9. The number of primary amides is 1. The van der Waals surface area contributed by atoms with E-state index in [9.17, 15) is 34.2 Å². The van der Waals surface area contributed by atoms with Crippen molar-refractivity contribution in [3.05, 3.63) is 29.8 Å². The molecule has 12 nitrogen and oxygen atoms in total. The highest BCUT2D eigenvalue weighted by molar-refractivity contribution is 7.80. The van der Waals surface area contributed by atoms with Crippen molar-refractivity contribution in [1.82, 2.24) is 15.5 Å². The predicted molar refractivity (Wildman–Crippen MR) is 128 cm³/mol. The number of phenolic OH excluding ortho intramolecular Hbond substituents is 1. The number of rotatable bonds is 12. The van der Waals surface area contributed by atoms with Crippen molar-refractivity contribution in [2.45, 2.75) is 56.3 Å². The fourth-order valence-electron chi connectivity index (χ4n) is 3.76. The third-order valence-electron chi connectivity index (χ3n) is 5.66. The van der Waals surface area contributed by atoms with Gasteiger partial charge in [0.25, 0.3) is 0 Å². The van der Waals surface area contributed by atoms with E-state index in [1.807, 2.05) is 0 Å². The molecule has 1 saturated heterocycles. The van der Waals surface area contributed by atoms with E-state index in [1.165, 1.54) is 29.2 Å². The number of benzene rings is 1. The number of carboxylic acid groups (broad SMARTS) is 1. The number of carboxylic acids is 1. The fourth-order valence-corrected chi connectivity index (χ4v) is 3.91. The summed E-state index contributed by atoms with van der Waals surface area (Å²) in [5.41, 5.74) is 11.5. The van der Waals surface area contributed by atoms with Gasteiger partial charge in [-0.05, 0) is 37.0 Å². The lowest BCUT2D eigenvalue weighted by atomic mass is 10.0. The third kappa shape index (κ3) is 8.14. The number of nitrogens with zero attached hydrogens (tertiary/aromatic N) is 1. The zero-order valence-electron chi connectivity index (χ0n) is 19.1. The molecular formula is C22H31N5O7S. The quantitative estimate of drug-likeness (QED) is 0.165. The van der Waals surface area contributed by atoms with Gasteiger partial charge in [-0.2, -0.15) is 12.6 Å². The molecule has 4 amide bonds. The molecule has 35 heavy (non-hydrogen) atoms. The van der Waals surface area contributed by atoms with Crippen molar-refractivity contribution in [2.75, 3.05) is 12.3 Å². The first-order valence-electron chi connectivity index (χ1n) is 11.1. The molecule has 1 fully saturated rings. The molecule has 0 spiro atoms. The van der Waals surface area contributed by atoms with Crippen molar-refractivity contribution >= 4 is 42.2 Å². The summed E-state index contributed by atoms with van der Waals surface area (Å²) in [6.45, 7) is 0.324. The number of aliphatic carboxylic acids is 1. The Morgan fingerprint density at radius 2 is 1.77 bits per heavy atom. The predicted octanol–water partition coefficient (Wildman–Crippen LogP) is -1.50. The zero-order chi connectivity index (χ0) is 26.1. The number of likely N-dealkylation sites (tertiary alicyclic amines) is 1. The lowest BCUT2D eigenvalue weighted by molar-refractivity contribution is -0.143. The van der Waals surface area contributed by atoms with Crippen molar-refractivity contribution in [2.24, 2.45) is 11.5 Å². The largest absolute Gasteiger partial charge is 0.508 e. The molecule has 1 aliphatic heterocycles. The van der Waals surface area contributed by atoms with Gasteiger partial charge in [-0.3, -0.25) is 19.2 Å². The van der Waals surface area contributed by atoms with Crippen LogP contribution in [0.3, 0.4) is 0 Å². The minimum atomic E-state index is -1.34. The van der Waals surface area contributed by atoms with E-state index in [0.29, 0.717) is 24.9 Å². The maximum absolute atomic E-state index is 13.0. The molecular weight excluding hydrogens is 478 g/mol. The molecule has 0 saturated carbocycles. The van der Waals surface area contributed by atoms with Crippen LogP contribution in [0, 0.1) is 0 Å². The SMILES string of the molecule is NC(=O)CCC(NC(=O)C1CCCN1C(=O)C(N)CS)C(=O)NC(Cc1ccc(O)cc1)C(=O)O. The first-order valence-corrected chi connectivity index (χ1v) is 11.7. The summed E-state index contributed by atoms with van der Waals surface area (Å²) in [7, 11) is 0. The maximum atomic E-state index is 13.0. The van der Waals surface area contributed by atoms with Gasteiger partial charge in [0.2, 0.25) is 23.6 Å². The number of nitrogens with two attached hydrogens (primary N) is 2. The molecule has 1 aliphatic rings. The van der Waals surface area contributed by atoms with Gasteiger partial charge in [0.15, 0.2) is 0 Å². The van der Waals surface area contributed by atoms with Gasteiger partial charge in [-0.15, -0.1) is 0 Å². The van der Waals surface area contributed by atoms with E-state index in [4.69, 9.17) is 11.5 Å². The number of carbonyl (C=O) groups excluding carboxylic acids is 4. The summed E-state index contributed by atoms with van der Waals surface area (Å²) < 4.78 is 0. The van der Waals surface area contributed by atoms with E-state index in [2.05, 4.69) is 23.3 Å². The van der Waals surface area contributed by atoms with Gasteiger partial charge >= 0.3 is 5.97 Å². The molecule has 2 rings (SSSR count). The molecule has 0 radical (unpaired) electrons. The number of hydrogen-bond donors (Lipinski definition) is 7. The number of carbonyl (C=O) groups is 5. The summed E-state index contributed by atoms with van der Waals surface area (Å²) in [4.78, 5) is 62.8. The van der Waals surface area contributed by atoms with Crippen LogP contribution < -0.4 is 22.1 Å². The highest BCUT2D eigenvalue weighted by atomic mass is 32.1. The Hall–Kier alpha value is -3.32.